The first-order chi connectivity index (χ1) is 13.0. The Morgan fingerprint density at radius 1 is 1.11 bits per heavy atom. The van der Waals surface area contributed by atoms with Crippen molar-refractivity contribution in [1.29, 1.82) is 0 Å². The molecule has 1 amide bonds. The molecule has 27 heavy (non-hydrogen) atoms. The lowest BCUT2D eigenvalue weighted by Crippen LogP contribution is -2.38. The van der Waals surface area contributed by atoms with Crippen molar-refractivity contribution in [1.82, 2.24) is 4.90 Å². The Balaban J connectivity index is 1.60. The summed E-state index contributed by atoms with van der Waals surface area (Å²) >= 11 is 1.69. The van der Waals surface area contributed by atoms with Gasteiger partial charge in [0.05, 0.1) is 0 Å². The Kier molecular flexibility index (Phi) is 6.69. The standard InChI is InChI=1S/C22H26N2O2S/c1-16(25)23-20-9-5-17(6-10-20)14-24-13-3-4-19(15-24)22(26)18-7-11-21(27-2)12-8-18/h5-12,19H,3-4,13-15H2,1-2H3,(H,23,25)/t19-/m1/s1. The van der Waals surface area contributed by atoms with Crippen LogP contribution in [-0.2, 0) is 11.3 Å². The molecule has 4 nitrogen and oxygen atoms in total. The zero-order valence-corrected chi connectivity index (χ0v) is 16.7. The SMILES string of the molecule is CSc1ccc(C(=O)[C@@H]2CCCN(Cc3ccc(NC(C)=O)cc3)C2)cc1. The van der Waals surface area contributed by atoms with Gasteiger partial charge in [-0.15, -0.1) is 11.8 Å². The quantitative estimate of drug-likeness (QED) is 0.592. The van der Waals surface area contributed by atoms with Gasteiger partial charge in [-0.1, -0.05) is 24.3 Å². The van der Waals surface area contributed by atoms with Crippen molar-refractivity contribution in [3.05, 3.63) is 59.7 Å². The van der Waals surface area contributed by atoms with E-state index in [1.807, 2.05) is 54.8 Å². The topological polar surface area (TPSA) is 49.4 Å². The van der Waals surface area contributed by atoms with Crippen LogP contribution >= 0.6 is 11.8 Å². The van der Waals surface area contributed by atoms with Gasteiger partial charge in [-0.25, -0.2) is 0 Å². The highest BCUT2D eigenvalue weighted by Gasteiger charge is 2.26. The molecule has 0 saturated carbocycles. The van der Waals surface area contributed by atoms with E-state index in [2.05, 4.69) is 10.2 Å². The van der Waals surface area contributed by atoms with E-state index in [0.717, 1.165) is 43.7 Å². The van der Waals surface area contributed by atoms with E-state index in [0.29, 0.717) is 0 Å². The third-order valence-electron chi connectivity index (χ3n) is 4.93. The number of nitrogens with one attached hydrogen (secondary N) is 1. The summed E-state index contributed by atoms with van der Waals surface area (Å²) in [4.78, 5) is 27.5. The molecule has 5 heteroatoms. The first kappa shape index (κ1) is 19.6. The van der Waals surface area contributed by atoms with Crippen LogP contribution in [0.4, 0.5) is 5.69 Å². The predicted molar refractivity (Wildman–Crippen MR) is 111 cm³/mol. The van der Waals surface area contributed by atoms with Crippen molar-refractivity contribution in [2.45, 2.75) is 31.2 Å². The molecule has 1 heterocycles. The highest BCUT2D eigenvalue weighted by molar-refractivity contribution is 7.98. The van der Waals surface area contributed by atoms with Gasteiger partial charge in [0, 0.05) is 42.1 Å². The smallest absolute Gasteiger partial charge is 0.221 e. The third-order valence-corrected chi connectivity index (χ3v) is 5.67. The lowest BCUT2D eigenvalue weighted by atomic mass is 9.90. The van der Waals surface area contributed by atoms with Crippen LogP contribution in [0.1, 0.15) is 35.7 Å². The van der Waals surface area contributed by atoms with E-state index >= 15 is 0 Å². The van der Waals surface area contributed by atoms with Gasteiger partial charge < -0.3 is 5.32 Å². The Labute approximate surface area is 165 Å². The maximum absolute atomic E-state index is 12.9. The third kappa shape index (κ3) is 5.44. The number of carbonyl (C=O) groups is 2. The Morgan fingerprint density at radius 3 is 2.44 bits per heavy atom. The fraction of sp³-hybridized carbons (Fsp3) is 0.364. The van der Waals surface area contributed by atoms with Crippen molar-refractivity contribution in [2.75, 3.05) is 24.7 Å². The normalized spacial score (nSPS) is 17.5. The van der Waals surface area contributed by atoms with Crippen molar-refractivity contribution < 1.29 is 9.59 Å². The molecule has 1 N–H and O–H groups in total. The van der Waals surface area contributed by atoms with Gasteiger partial charge in [0.2, 0.25) is 5.91 Å². The van der Waals surface area contributed by atoms with Crippen LogP contribution in [0, 0.1) is 5.92 Å². The molecule has 1 aliphatic rings. The van der Waals surface area contributed by atoms with Gasteiger partial charge in [-0.2, -0.15) is 0 Å². The lowest BCUT2D eigenvalue weighted by molar-refractivity contribution is -0.114. The number of carbonyl (C=O) groups excluding carboxylic acids is 2. The Morgan fingerprint density at radius 2 is 1.81 bits per heavy atom. The molecule has 1 saturated heterocycles. The molecule has 0 bridgehead atoms. The largest absolute Gasteiger partial charge is 0.326 e. The summed E-state index contributed by atoms with van der Waals surface area (Å²) in [5.74, 6) is 0.261. The summed E-state index contributed by atoms with van der Waals surface area (Å²) in [6.07, 6.45) is 4.04. The maximum atomic E-state index is 12.9. The van der Waals surface area contributed by atoms with Gasteiger partial charge >= 0.3 is 0 Å². The van der Waals surface area contributed by atoms with Gasteiger partial charge in [-0.05, 0) is 55.5 Å². The number of likely N-dealkylation sites (tertiary alicyclic amines) is 1. The second-order valence-corrected chi connectivity index (χ2v) is 7.92. The molecule has 142 valence electrons. The van der Waals surface area contributed by atoms with Crippen LogP contribution in [0.2, 0.25) is 0 Å². The number of benzene rings is 2. The number of hydrogen-bond donors (Lipinski definition) is 1. The molecule has 1 fully saturated rings. The monoisotopic (exact) mass is 382 g/mol. The number of amides is 1. The van der Waals surface area contributed by atoms with Crippen molar-refractivity contribution in [2.24, 2.45) is 5.92 Å². The maximum Gasteiger partial charge on any atom is 0.221 e. The highest BCUT2D eigenvalue weighted by atomic mass is 32.2. The van der Waals surface area contributed by atoms with Crippen LogP contribution in [0.15, 0.2) is 53.4 Å². The molecule has 0 aromatic heterocycles. The van der Waals surface area contributed by atoms with E-state index in [1.165, 1.54) is 17.4 Å². The summed E-state index contributed by atoms with van der Waals surface area (Å²) in [7, 11) is 0. The minimum Gasteiger partial charge on any atom is -0.326 e. The van der Waals surface area contributed by atoms with Crippen molar-refractivity contribution >= 4 is 29.1 Å². The second kappa shape index (κ2) is 9.20. The van der Waals surface area contributed by atoms with Crippen LogP contribution in [0.5, 0.6) is 0 Å². The Bertz CT molecular complexity index is 787. The van der Waals surface area contributed by atoms with Crippen LogP contribution in [0.25, 0.3) is 0 Å². The molecule has 3 rings (SSSR count). The molecule has 0 unspecified atom stereocenters. The average molecular weight is 383 g/mol. The number of rotatable bonds is 6. The number of Topliss-reactive ketones (excluding diaryl/α,β-unsaturated/α-hetero) is 1. The lowest BCUT2D eigenvalue weighted by Gasteiger charge is -2.32. The summed E-state index contributed by atoms with van der Waals surface area (Å²) in [5.41, 5.74) is 2.83. The van der Waals surface area contributed by atoms with Crippen LogP contribution in [-0.4, -0.2) is 35.9 Å². The number of nitrogens with zero attached hydrogens (tertiary/aromatic N) is 1. The number of ketones is 1. The van der Waals surface area contributed by atoms with Gasteiger partial charge in [0.25, 0.3) is 0 Å². The second-order valence-electron chi connectivity index (χ2n) is 7.05. The minimum absolute atomic E-state index is 0.0642. The van der Waals surface area contributed by atoms with E-state index in [9.17, 15) is 9.59 Å². The molecule has 1 atom stereocenters. The fourth-order valence-electron chi connectivity index (χ4n) is 3.56. The molecule has 0 radical (unpaired) electrons. The van der Waals surface area contributed by atoms with Crippen molar-refractivity contribution in [3.63, 3.8) is 0 Å². The van der Waals surface area contributed by atoms with Gasteiger partial charge in [-0.3, -0.25) is 14.5 Å². The molecule has 0 spiro atoms. The number of piperidine rings is 1. The predicted octanol–water partition coefficient (Wildman–Crippen LogP) is 4.46. The average Bonchev–Trinajstić information content (AvgIpc) is 2.69. The Hall–Kier alpha value is -2.11. The summed E-state index contributed by atoms with van der Waals surface area (Å²) in [5, 5.41) is 2.79. The summed E-state index contributed by atoms with van der Waals surface area (Å²) < 4.78 is 0. The van der Waals surface area contributed by atoms with E-state index < -0.39 is 0 Å². The van der Waals surface area contributed by atoms with E-state index in [1.54, 1.807) is 11.8 Å². The van der Waals surface area contributed by atoms with E-state index in [-0.39, 0.29) is 17.6 Å². The van der Waals surface area contributed by atoms with Crippen LogP contribution in [0.3, 0.4) is 0 Å². The summed E-state index contributed by atoms with van der Waals surface area (Å²) in [6.45, 7) is 4.15. The first-order valence-electron chi connectivity index (χ1n) is 9.32. The highest BCUT2D eigenvalue weighted by Crippen LogP contribution is 2.24. The number of hydrogen-bond acceptors (Lipinski definition) is 4. The number of thioether (sulfide) groups is 1. The van der Waals surface area contributed by atoms with Gasteiger partial charge in [0.15, 0.2) is 5.78 Å². The molecular formula is C22H26N2O2S. The first-order valence-corrected chi connectivity index (χ1v) is 10.5. The van der Waals surface area contributed by atoms with Crippen LogP contribution < -0.4 is 5.32 Å². The number of anilines is 1. The summed E-state index contributed by atoms with van der Waals surface area (Å²) in [6, 6.07) is 15.9. The minimum atomic E-state index is -0.0642. The fourth-order valence-corrected chi connectivity index (χ4v) is 3.97. The van der Waals surface area contributed by atoms with Crippen molar-refractivity contribution in [3.8, 4) is 0 Å². The molecule has 1 aliphatic heterocycles. The molecule has 2 aromatic rings. The zero-order valence-electron chi connectivity index (χ0n) is 15.9. The molecule has 2 aromatic carbocycles. The molecule has 0 aliphatic carbocycles. The molecular weight excluding hydrogens is 356 g/mol. The van der Waals surface area contributed by atoms with Gasteiger partial charge in [0.1, 0.15) is 0 Å². The van der Waals surface area contributed by atoms with E-state index in [4.69, 9.17) is 0 Å². The zero-order chi connectivity index (χ0) is 19.2.